The van der Waals surface area contributed by atoms with Gasteiger partial charge >= 0.3 is 12.1 Å². The Kier molecular flexibility index (Phi) is 6.86. The standard InChI is InChI=1S/C20H32F3N3O2/c1-14-15(16(18(27)28)25(5)17(14)20(21,22)23)12-19(2,3)13-24(4)10-11-26-8-6-7-9-26/h6-13H2,1-5H3,(H,27,28). The van der Waals surface area contributed by atoms with Crippen LogP contribution in [0.15, 0.2) is 0 Å². The van der Waals surface area contributed by atoms with Gasteiger partial charge in [0, 0.05) is 26.7 Å². The topological polar surface area (TPSA) is 48.7 Å². The summed E-state index contributed by atoms with van der Waals surface area (Å²) in [5.74, 6) is -1.32. The van der Waals surface area contributed by atoms with Gasteiger partial charge in [0.2, 0.25) is 0 Å². The number of likely N-dealkylation sites (tertiary alicyclic amines) is 1. The summed E-state index contributed by atoms with van der Waals surface area (Å²) in [7, 11) is 3.19. The SMILES string of the molecule is Cc1c(CC(C)(C)CN(C)CCN2CCCC2)c(C(=O)O)n(C)c1C(F)(F)F. The third-order valence-corrected chi connectivity index (χ3v) is 5.59. The number of aromatic nitrogens is 1. The van der Waals surface area contributed by atoms with Crippen LogP contribution in [0.2, 0.25) is 0 Å². The largest absolute Gasteiger partial charge is 0.477 e. The van der Waals surface area contributed by atoms with Gasteiger partial charge in [-0.25, -0.2) is 4.79 Å². The van der Waals surface area contributed by atoms with Gasteiger partial charge in [0.1, 0.15) is 11.4 Å². The van der Waals surface area contributed by atoms with E-state index in [9.17, 15) is 23.1 Å². The summed E-state index contributed by atoms with van der Waals surface area (Å²) in [4.78, 5) is 16.3. The van der Waals surface area contributed by atoms with Crippen LogP contribution in [0, 0.1) is 12.3 Å². The van der Waals surface area contributed by atoms with Gasteiger partial charge in [-0.3, -0.25) is 0 Å². The molecule has 2 rings (SSSR count). The zero-order chi connectivity index (χ0) is 21.3. The number of carbonyl (C=O) groups is 1. The smallest absolute Gasteiger partial charge is 0.431 e. The number of hydrogen-bond donors (Lipinski definition) is 1. The van der Waals surface area contributed by atoms with E-state index in [2.05, 4.69) is 9.80 Å². The van der Waals surface area contributed by atoms with Crippen molar-refractivity contribution in [3.8, 4) is 0 Å². The van der Waals surface area contributed by atoms with Crippen LogP contribution in [0.3, 0.4) is 0 Å². The fourth-order valence-electron chi connectivity index (χ4n) is 4.44. The van der Waals surface area contributed by atoms with E-state index in [1.54, 1.807) is 0 Å². The summed E-state index contributed by atoms with van der Waals surface area (Å²) in [5, 5.41) is 9.53. The second kappa shape index (κ2) is 8.45. The quantitative estimate of drug-likeness (QED) is 0.720. The Bertz CT molecular complexity index is 705. The predicted molar refractivity (Wildman–Crippen MR) is 103 cm³/mol. The minimum absolute atomic E-state index is 0.0141. The van der Waals surface area contributed by atoms with E-state index >= 15 is 0 Å². The number of rotatable bonds is 8. The second-order valence-electron chi connectivity index (χ2n) is 8.79. The van der Waals surface area contributed by atoms with Crippen LogP contribution in [0.5, 0.6) is 0 Å². The summed E-state index contributed by atoms with van der Waals surface area (Å²) in [5.41, 5.74) is -1.21. The van der Waals surface area contributed by atoms with Gasteiger partial charge < -0.3 is 19.5 Å². The van der Waals surface area contributed by atoms with Crippen LogP contribution in [-0.4, -0.2) is 65.2 Å². The lowest BCUT2D eigenvalue weighted by atomic mass is 9.83. The van der Waals surface area contributed by atoms with Crippen molar-refractivity contribution in [2.45, 2.75) is 46.2 Å². The molecule has 1 aromatic heterocycles. The second-order valence-corrected chi connectivity index (χ2v) is 8.79. The van der Waals surface area contributed by atoms with Crippen molar-refractivity contribution < 1.29 is 23.1 Å². The maximum atomic E-state index is 13.4. The molecule has 0 aromatic carbocycles. The van der Waals surface area contributed by atoms with Gasteiger partial charge in [0.25, 0.3) is 0 Å². The van der Waals surface area contributed by atoms with Gasteiger partial charge in [-0.2, -0.15) is 13.2 Å². The van der Waals surface area contributed by atoms with Crippen molar-refractivity contribution in [1.29, 1.82) is 0 Å². The average Bonchev–Trinajstić information content (AvgIpc) is 3.10. The van der Waals surface area contributed by atoms with Crippen molar-refractivity contribution >= 4 is 5.97 Å². The molecular formula is C20H32F3N3O2. The summed E-state index contributed by atoms with van der Waals surface area (Å²) < 4.78 is 41.1. The Morgan fingerprint density at radius 3 is 2.29 bits per heavy atom. The molecule has 0 spiro atoms. The number of aromatic carboxylic acids is 1. The molecule has 1 N–H and O–H groups in total. The monoisotopic (exact) mass is 403 g/mol. The lowest BCUT2D eigenvalue weighted by molar-refractivity contribution is -0.143. The normalized spacial score (nSPS) is 16.3. The first kappa shape index (κ1) is 22.7. The van der Waals surface area contributed by atoms with Crippen molar-refractivity contribution in [3.05, 3.63) is 22.5 Å². The molecule has 2 heterocycles. The Morgan fingerprint density at radius 2 is 1.79 bits per heavy atom. The highest BCUT2D eigenvalue weighted by atomic mass is 19.4. The van der Waals surface area contributed by atoms with Crippen molar-refractivity contribution in [1.82, 2.24) is 14.4 Å². The van der Waals surface area contributed by atoms with E-state index in [0.717, 1.165) is 30.7 Å². The van der Waals surface area contributed by atoms with Crippen LogP contribution in [0.25, 0.3) is 0 Å². The van der Waals surface area contributed by atoms with E-state index in [-0.39, 0.29) is 28.7 Å². The highest BCUT2D eigenvalue weighted by molar-refractivity contribution is 5.88. The fraction of sp³-hybridized carbons (Fsp3) is 0.750. The van der Waals surface area contributed by atoms with E-state index in [4.69, 9.17) is 0 Å². The first-order valence-corrected chi connectivity index (χ1v) is 9.73. The molecule has 1 aliphatic heterocycles. The maximum Gasteiger partial charge on any atom is 0.431 e. The Hall–Kier alpha value is -1.54. The lowest BCUT2D eigenvalue weighted by Crippen LogP contribution is -2.38. The molecule has 1 aromatic rings. The van der Waals surface area contributed by atoms with E-state index in [1.807, 2.05) is 20.9 Å². The molecule has 0 bridgehead atoms. The molecule has 1 aliphatic rings. The first-order valence-electron chi connectivity index (χ1n) is 9.73. The van der Waals surface area contributed by atoms with Gasteiger partial charge in [-0.05, 0) is 62.9 Å². The Labute approximate surface area is 165 Å². The van der Waals surface area contributed by atoms with Crippen molar-refractivity contribution in [3.63, 3.8) is 0 Å². The van der Waals surface area contributed by atoms with Crippen LogP contribution in [0.4, 0.5) is 13.2 Å². The fourth-order valence-corrected chi connectivity index (χ4v) is 4.44. The third kappa shape index (κ3) is 5.29. The first-order chi connectivity index (χ1) is 12.8. The number of alkyl halides is 3. The van der Waals surface area contributed by atoms with Gasteiger partial charge in [0.15, 0.2) is 0 Å². The molecular weight excluding hydrogens is 371 g/mol. The number of carboxylic acids is 1. The van der Waals surface area contributed by atoms with E-state index in [1.165, 1.54) is 26.8 Å². The average molecular weight is 403 g/mol. The molecule has 0 aliphatic carbocycles. The van der Waals surface area contributed by atoms with Crippen LogP contribution in [-0.2, 0) is 19.6 Å². The minimum atomic E-state index is -4.59. The number of hydrogen-bond acceptors (Lipinski definition) is 3. The van der Waals surface area contributed by atoms with Crippen LogP contribution < -0.4 is 0 Å². The summed E-state index contributed by atoms with van der Waals surface area (Å²) in [6, 6.07) is 0. The number of nitrogens with zero attached hydrogens (tertiary/aromatic N) is 3. The zero-order valence-corrected chi connectivity index (χ0v) is 17.5. The van der Waals surface area contributed by atoms with Crippen LogP contribution >= 0.6 is 0 Å². The maximum absolute atomic E-state index is 13.4. The van der Waals surface area contributed by atoms with E-state index in [0.29, 0.717) is 6.54 Å². The molecule has 0 amide bonds. The summed E-state index contributed by atoms with van der Waals surface area (Å²) in [6.07, 6.45) is -1.83. The van der Waals surface area contributed by atoms with Gasteiger partial charge in [0.05, 0.1) is 0 Å². The number of carboxylic acid groups (broad SMARTS) is 1. The Balaban J connectivity index is 2.16. The number of halogens is 3. The molecule has 0 saturated carbocycles. The molecule has 28 heavy (non-hydrogen) atoms. The van der Waals surface area contributed by atoms with Crippen molar-refractivity contribution in [2.75, 3.05) is 39.8 Å². The van der Waals surface area contributed by atoms with E-state index < -0.39 is 17.8 Å². The molecule has 5 nitrogen and oxygen atoms in total. The highest BCUT2D eigenvalue weighted by Gasteiger charge is 2.40. The molecule has 0 atom stereocenters. The molecule has 160 valence electrons. The molecule has 8 heteroatoms. The third-order valence-electron chi connectivity index (χ3n) is 5.59. The zero-order valence-electron chi connectivity index (χ0n) is 17.5. The highest BCUT2D eigenvalue weighted by Crippen LogP contribution is 2.38. The Morgan fingerprint density at radius 1 is 1.21 bits per heavy atom. The molecule has 1 saturated heterocycles. The summed E-state index contributed by atoms with van der Waals surface area (Å²) in [6.45, 7) is 10.1. The lowest BCUT2D eigenvalue weighted by Gasteiger charge is -2.31. The predicted octanol–water partition coefficient (Wildman–Crippen LogP) is 3.65. The molecule has 0 radical (unpaired) electrons. The van der Waals surface area contributed by atoms with Crippen LogP contribution in [0.1, 0.15) is 54.0 Å². The summed E-state index contributed by atoms with van der Waals surface area (Å²) >= 11 is 0. The molecule has 1 fully saturated rings. The molecule has 0 unspecified atom stereocenters. The number of likely N-dealkylation sites (N-methyl/N-ethyl adjacent to an activating group) is 1. The van der Waals surface area contributed by atoms with Crippen molar-refractivity contribution in [2.24, 2.45) is 12.5 Å². The van der Waals surface area contributed by atoms with Gasteiger partial charge in [-0.15, -0.1) is 0 Å². The minimum Gasteiger partial charge on any atom is -0.477 e. The van der Waals surface area contributed by atoms with Gasteiger partial charge in [-0.1, -0.05) is 13.8 Å².